The van der Waals surface area contributed by atoms with Crippen molar-refractivity contribution >= 4 is 35.3 Å². The third-order valence-electron chi connectivity index (χ3n) is 3.71. The van der Waals surface area contributed by atoms with Crippen LogP contribution in [0.25, 0.3) is 6.08 Å². The lowest BCUT2D eigenvalue weighted by Gasteiger charge is -2.22. The van der Waals surface area contributed by atoms with Crippen LogP contribution in [0, 0.1) is 0 Å². The third kappa shape index (κ3) is 7.03. The van der Waals surface area contributed by atoms with Crippen LogP contribution in [0.4, 0.5) is 17.1 Å². The van der Waals surface area contributed by atoms with Crippen molar-refractivity contribution in [2.45, 2.75) is 13.8 Å². The minimum atomic E-state index is 0.188. The molecule has 2 aromatic carbocycles. The van der Waals surface area contributed by atoms with Gasteiger partial charge in [0, 0.05) is 44.8 Å². The molecule has 0 fully saturated rings. The van der Waals surface area contributed by atoms with Crippen LogP contribution in [0.3, 0.4) is 0 Å². The molecule has 0 saturated carbocycles. The number of rotatable bonds is 6. The van der Waals surface area contributed by atoms with Crippen LogP contribution in [-0.2, 0) is 4.79 Å². The number of nitrogens with zero attached hydrogens (tertiary/aromatic N) is 2. The zero-order valence-electron chi connectivity index (χ0n) is 17.0. The van der Waals surface area contributed by atoms with E-state index in [2.05, 4.69) is 21.1 Å². The van der Waals surface area contributed by atoms with E-state index in [1.54, 1.807) is 17.3 Å². The summed E-state index contributed by atoms with van der Waals surface area (Å²) in [7, 11) is 5.53. The largest absolute Gasteiger partial charge is 0.506 e. The molecule has 150 valence electrons. The summed E-state index contributed by atoms with van der Waals surface area (Å²) in [6, 6.07) is 13.4. The number of anilines is 3. The molecule has 7 nitrogen and oxygen atoms in total. The van der Waals surface area contributed by atoms with Gasteiger partial charge in [-0.3, -0.25) is 10.4 Å². The Hall–Kier alpha value is -3.48. The lowest BCUT2D eigenvalue weighted by Crippen LogP contribution is -2.37. The number of carbonyl (C=O) groups is 1. The fourth-order valence-corrected chi connectivity index (χ4v) is 2.39. The first kappa shape index (κ1) is 22.6. The zero-order chi connectivity index (χ0) is 20.9. The number of aliphatic imine (C=N–C) groups is 1. The van der Waals surface area contributed by atoms with Crippen LogP contribution in [0.2, 0.25) is 0 Å². The number of para-hydroxylation sites is 1. The second kappa shape index (κ2) is 12.0. The van der Waals surface area contributed by atoms with Gasteiger partial charge < -0.3 is 20.5 Å². The van der Waals surface area contributed by atoms with Gasteiger partial charge in [-0.25, -0.2) is 4.99 Å². The van der Waals surface area contributed by atoms with E-state index in [1.165, 1.54) is 6.92 Å². The maximum absolute atomic E-state index is 10.1. The molecule has 0 heterocycles. The van der Waals surface area contributed by atoms with E-state index in [4.69, 9.17) is 4.79 Å². The van der Waals surface area contributed by atoms with Crippen molar-refractivity contribution in [3.05, 3.63) is 54.2 Å². The van der Waals surface area contributed by atoms with Gasteiger partial charge >= 0.3 is 0 Å². The first-order chi connectivity index (χ1) is 13.5. The highest BCUT2D eigenvalue weighted by Crippen LogP contribution is 2.28. The molecule has 4 N–H and O–H groups in total. The number of phenols is 1. The first-order valence-electron chi connectivity index (χ1n) is 8.85. The molecule has 0 radical (unpaired) electrons. The summed E-state index contributed by atoms with van der Waals surface area (Å²) in [4.78, 5) is 13.2. The van der Waals surface area contributed by atoms with Crippen LogP contribution >= 0.6 is 0 Å². The van der Waals surface area contributed by atoms with E-state index >= 15 is 0 Å². The van der Waals surface area contributed by atoms with E-state index in [1.807, 2.05) is 70.5 Å². The standard InChI is InChI=1S/C19H25N5O.C2H4O/c1-14(22-12-11-15-7-5-6-8-17(15)21-3)23-24(4)18-10-9-16(20-2)13-19(18)25;1-2-3/h5-13,20-21,25H,1-4H3,(H,22,23);2H,1H3/b12-11-;. The SMILES string of the molecule is CC=O.CNc1ccc(N(C)NC(C)=N/C=C\c2ccccc2NC)c(O)c1. The summed E-state index contributed by atoms with van der Waals surface area (Å²) in [6.07, 6.45) is 4.44. The molecule has 0 spiro atoms. The molecule has 0 bridgehead atoms. The normalized spacial score (nSPS) is 10.7. The van der Waals surface area contributed by atoms with E-state index in [-0.39, 0.29) is 5.75 Å². The third-order valence-corrected chi connectivity index (χ3v) is 3.71. The van der Waals surface area contributed by atoms with Crippen molar-refractivity contribution in [1.29, 1.82) is 0 Å². The Balaban J connectivity index is 0.00000122. The molecule has 0 atom stereocenters. The van der Waals surface area contributed by atoms with Crippen LogP contribution in [0.5, 0.6) is 5.75 Å². The highest BCUT2D eigenvalue weighted by molar-refractivity contribution is 5.83. The quantitative estimate of drug-likeness (QED) is 0.263. The summed E-state index contributed by atoms with van der Waals surface area (Å²) in [5.74, 6) is 0.894. The molecular weight excluding hydrogens is 354 g/mol. The number of carbonyl (C=O) groups excluding carboxylic acids is 1. The van der Waals surface area contributed by atoms with E-state index in [0.29, 0.717) is 11.5 Å². The van der Waals surface area contributed by atoms with E-state index < -0.39 is 0 Å². The Kier molecular flexibility index (Phi) is 9.67. The van der Waals surface area contributed by atoms with Crippen molar-refractivity contribution in [3.8, 4) is 5.75 Å². The molecule has 7 heteroatoms. The van der Waals surface area contributed by atoms with Crippen LogP contribution < -0.4 is 21.1 Å². The Bertz CT molecular complexity index is 818. The molecular formula is C21H29N5O2. The van der Waals surface area contributed by atoms with Gasteiger partial charge in [0.1, 0.15) is 17.9 Å². The molecule has 0 amide bonds. The van der Waals surface area contributed by atoms with Crippen LogP contribution in [0.1, 0.15) is 19.4 Å². The van der Waals surface area contributed by atoms with Crippen molar-refractivity contribution < 1.29 is 9.90 Å². The number of aldehydes is 1. The van der Waals surface area contributed by atoms with Gasteiger partial charge in [0.05, 0.1) is 5.69 Å². The number of hydrogen-bond acceptors (Lipinski definition) is 6. The van der Waals surface area contributed by atoms with Gasteiger partial charge in [-0.1, -0.05) is 18.2 Å². The van der Waals surface area contributed by atoms with Crippen molar-refractivity contribution in [3.63, 3.8) is 0 Å². The molecule has 2 rings (SSSR count). The monoisotopic (exact) mass is 383 g/mol. The fraction of sp³-hybridized carbons (Fsp3) is 0.238. The van der Waals surface area contributed by atoms with E-state index in [9.17, 15) is 5.11 Å². The molecule has 0 aromatic heterocycles. The zero-order valence-corrected chi connectivity index (χ0v) is 17.0. The lowest BCUT2D eigenvalue weighted by atomic mass is 10.2. The number of amidine groups is 1. The highest BCUT2D eigenvalue weighted by Gasteiger charge is 2.07. The van der Waals surface area contributed by atoms with E-state index in [0.717, 1.165) is 23.2 Å². The highest BCUT2D eigenvalue weighted by atomic mass is 16.3. The Morgan fingerprint density at radius 3 is 2.43 bits per heavy atom. The minimum Gasteiger partial charge on any atom is -0.506 e. The Morgan fingerprint density at radius 2 is 1.82 bits per heavy atom. The van der Waals surface area contributed by atoms with Crippen LogP contribution in [-0.4, -0.2) is 38.4 Å². The molecule has 0 aliphatic heterocycles. The molecule has 0 saturated heterocycles. The predicted molar refractivity (Wildman–Crippen MR) is 119 cm³/mol. The predicted octanol–water partition coefficient (Wildman–Crippen LogP) is 3.71. The van der Waals surface area contributed by atoms with Crippen molar-refractivity contribution in [2.24, 2.45) is 4.99 Å². The lowest BCUT2D eigenvalue weighted by molar-refractivity contribution is -0.106. The molecule has 0 aliphatic rings. The van der Waals surface area contributed by atoms with Gasteiger partial charge in [-0.2, -0.15) is 0 Å². The summed E-state index contributed by atoms with van der Waals surface area (Å²) < 4.78 is 0. The fourth-order valence-electron chi connectivity index (χ4n) is 2.39. The number of nitrogens with one attached hydrogen (secondary N) is 3. The van der Waals surface area contributed by atoms with Crippen molar-refractivity contribution in [1.82, 2.24) is 5.43 Å². The number of hydrazine groups is 1. The average Bonchev–Trinajstić information content (AvgIpc) is 2.68. The molecule has 28 heavy (non-hydrogen) atoms. The molecule has 2 aromatic rings. The topological polar surface area (TPSA) is 89.0 Å². The van der Waals surface area contributed by atoms with Crippen molar-refractivity contribution in [2.75, 3.05) is 36.8 Å². The first-order valence-corrected chi connectivity index (χ1v) is 8.85. The Labute approximate surface area is 166 Å². The summed E-state index contributed by atoms with van der Waals surface area (Å²) >= 11 is 0. The molecule has 0 unspecified atom stereocenters. The second-order valence-corrected chi connectivity index (χ2v) is 5.73. The maximum atomic E-state index is 10.1. The summed E-state index contributed by atoms with van der Waals surface area (Å²) in [5, 5.41) is 18.0. The molecule has 0 aliphatic carbocycles. The second-order valence-electron chi connectivity index (χ2n) is 5.73. The van der Waals surface area contributed by atoms with Crippen LogP contribution in [0.15, 0.2) is 53.7 Å². The number of phenolic OH excluding ortho intramolecular Hbond substituents is 1. The Morgan fingerprint density at radius 1 is 1.14 bits per heavy atom. The van der Waals surface area contributed by atoms with Gasteiger partial charge in [0.15, 0.2) is 0 Å². The summed E-state index contributed by atoms with van der Waals surface area (Å²) in [5.41, 5.74) is 6.76. The minimum absolute atomic E-state index is 0.188. The number of aromatic hydroxyl groups is 1. The smallest absolute Gasteiger partial charge is 0.142 e. The van der Waals surface area contributed by atoms with Gasteiger partial charge in [-0.15, -0.1) is 0 Å². The van der Waals surface area contributed by atoms with Gasteiger partial charge in [-0.05, 0) is 43.7 Å². The summed E-state index contributed by atoms with van der Waals surface area (Å²) in [6.45, 7) is 3.31. The van der Waals surface area contributed by atoms with Gasteiger partial charge in [0.25, 0.3) is 0 Å². The number of hydrogen-bond donors (Lipinski definition) is 4. The van der Waals surface area contributed by atoms with Gasteiger partial charge in [0.2, 0.25) is 0 Å². The number of benzene rings is 2. The average molecular weight is 383 g/mol. The maximum Gasteiger partial charge on any atom is 0.142 e.